The molecule has 0 aliphatic carbocycles. The molecular formula is C16H16BrN3O. The van der Waals surface area contributed by atoms with Crippen LogP contribution in [0.1, 0.15) is 12.7 Å². The highest BCUT2D eigenvalue weighted by molar-refractivity contribution is 9.10. The minimum Gasteiger partial charge on any atom is -0.495 e. The Bertz CT molecular complexity index is 811. The van der Waals surface area contributed by atoms with E-state index in [-0.39, 0.29) is 0 Å². The molecule has 108 valence electrons. The Labute approximate surface area is 131 Å². The number of methoxy groups -OCH3 is 1. The van der Waals surface area contributed by atoms with Crippen molar-refractivity contribution in [1.29, 1.82) is 0 Å². The smallest absolute Gasteiger partial charge is 0.142 e. The van der Waals surface area contributed by atoms with Gasteiger partial charge in [0.25, 0.3) is 0 Å². The molecule has 0 aliphatic heterocycles. The van der Waals surface area contributed by atoms with E-state index in [1.165, 1.54) is 0 Å². The number of hydrogen-bond donors (Lipinski definition) is 1. The number of halogens is 1. The normalized spacial score (nSPS) is 11.0. The number of nitrogen functional groups attached to an aromatic ring is 1. The summed E-state index contributed by atoms with van der Waals surface area (Å²) in [6.45, 7) is 2.09. The Kier molecular flexibility index (Phi) is 3.59. The number of ether oxygens (including phenoxy) is 1. The highest BCUT2D eigenvalue weighted by Gasteiger charge is 2.15. The maximum absolute atomic E-state index is 5.86. The van der Waals surface area contributed by atoms with E-state index in [2.05, 4.69) is 32.4 Å². The highest BCUT2D eigenvalue weighted by atomic mass is 79.9. The SMILES string of the molecule is CCc1nc2cc(N)ccc2n1-c1cc(Br)ccc1OC. The number of fused-ring (bicyclic) bond motifs is 1. The molecule has 5 heteroatoms. The second-order valence-corrected chi connectivity index (χ2v) is 5.70. The Balaban J connectivity index is 2.36. The summed E-state index contributed by atoms with van der Waals surface area (Å²) in [5.74, 6) is 1.79. The van der Waals surface area contributed by atoms with Crippen LogP contribution in [0.15, 0.2) is 40.9 Å². The molecule has 0 spiro atoms. The zero-order chi connectivity index (χ0) is 15.0. The summed E-state index contributed by atoms with van der Waals surface area (Å²) in [4.78, 5) is 4.69. The van der Waals surface area contributed by atoms with E-state index in [4.69, 9.17) is 10.5 Å². The molecule has 0 atom stereocenters. The van der Waals surface area contributed by atoms with E-state index in [0.717, 1.165) is 44.9 Å². The molecule has 2 aromatic carbocycles. The van der Waals surface area contributed by atoms with Crippen LogP contribution in [0.3, 0.4) is 0 Å². The van der Waals surface area contributed by atoms with Crippen molar-refractivity contribution in [3.63, 3.8) is 0 Å². The summed E-state index contributed by atoms with van der Waals surface area (Å²) in [5.41, 5.74) is 9.47. The van der Waals surface area contributed by atoms with E-state index in [9.17, 15) is 0 Å². The predicted octanol–water partition coefficient (Wildman–Crippen LogP) is 3.94. The van der Waals surface area contributed by atoms with Gasteiger partial charge in [-0.25, -0.2) is 4.98 Å². The fourth-order valence-electron chi connectivity index (χ4n) is 2.49. The van der Waals surface area contributed by atoms with Gasteiger partial charge in [-0.1, -0.05) is 22.9 Å². The van der Waals surface area contributed by atoms with Gasteiger partial charge in [-0.2, -0.15) is 0 Å². The van der Waals surface area contributed by atoms with Crippen molar-refractivity contribution in [1.82, 2.24) is 9.55 Å². The molecule has 2 N–H and O–H groups in total. The third-order valence-electron chi connectivity index (χ3n) is 3.45. The van der Waals surface area contributed by atoms with Gasteiger partial charge in [0.15, 0.2) is 0 Å². The van der Waals surface area contributed by atoms with Gasteiger partial charge >= 0.3 is 0 Å². The lowest BCUT2D eigenvalue weighted by Gasteiger charge is -2.13. The molecule has 0 saturated carbocycles. The van der Waals surface area contributed by atoms with Crippen LogP contribution < -0.4 is 10.5 Å². The topological polar surface area (TPSA) is 53.1 Å². The van der Waals surface area contributed by atoms with Gasteiger partial charge in [0.1, 0.15) is 11.6 Å². The van der Waals surface area contributed by atoms with E-state index < -0.39 is 0 Å². The molecule has 1 heterocycles. The fourth-order valence-corrected chi connectivity index (χ4v) is 2.84. The van der Waals surface area contributed by atoms with Crippen molar-refractivity contribution >= 4 is 32.7 Å². The number of hydrogen-bond acceptors (Lipinski definition) is 3. The number of nitrogens with two attached hydrogens (primary N) is 1. The van der Waals surface area contributed by atoms with Gasteiger partial charge in [-0.3, -0.25) is 4.57 Å². The van der Waals surface area contributed by atoms with Crippen LogP contribution in [0.5, 0.6) is 5.75 Å². The minimum atomic E-state index is 0.719. The summed E-state index contributed by atoms with van der Waals surface area (Å²) >= 11 is 3.52. The lowest BCUT2D eigenvalue weighted by molar-refractivity contribution is 0.412. The van der Waals surface area contributed by atoms with Crippen molar-refractivity contribution < 1.29 is 4.74 Å². The first-order valence-corrected chi connectivity index (χ1v) is 7.54. The second-order valence-electron chi connectivity index (χ2n) is 4.78. The third-order valence-corrected chi connectivity index (χ3v) is 3.94. The van der Waals surface area contributed by atoms with Crippen molar-refractivity contribution in [2.45, 2.75) is 13.3 Å². The Hall–Kier alpha value is -2.01. The molecule has 1 aromatic heterocycles. The molecule has 0 aliphatic rings. The Morgan fingerprint density at radius 3 is 2.76 bits per heavy atom. The number of nitrogens with zero attached hydrogens (tertiary/aromatic N) is 2. The van der Waals surface area contributed by atoms with E-state index in [0.29, 0.717) is 0 Å². The van der Waals surface area contributed by atoms with Gasteiger partial charge in [-0.05, 0) is 36.4 Å². The van der Waals surface area contributed by atoms with Crippen LogP contribution >= 0.6 is 15.9 Å². The number of aromatic nitrogens is 2. The zero-order valence-electron chi connectivity index (χ0n) is 11.9. The number of imidazole rings is 1. The van der Waals surface area contributed by atoms with Crippen LogP contribution in [0.25, 0.3) is 16.7 Å². The minimum absolute atomic E-state index is 0.719. The van der Waals surface area contributed by atoms with Crippen molar-refractivity contribution in [3.8, 4) is 11.4 Å². The summed E-state index contributed by atoms with van der Waals surface area (Å²) in [6.07, 6.45) is 0.824. The first-order valence-electron chi connectivity index (χ1n) is 6.74. The predicted molar refractivity (Wildman–Crippen MR) is 89.1 cm³/mol. The largest absolute Gasteiger partial charge is 0.495 e. The molecule has 21 heavy (non-hydrogen) atoms. The van der Waals surface area contributed by atoms with Crippen molar-refractivity contribution in [2.24, 2.45) is 0 Å². The number of aryl methyl sites for hydroxylation is 1. The average molecular weight is 346 g/mol. The molecule has 3 rings (SSSR count). The molecular weight excluding hydrogens is 330 g/mol. The van der Waals surface area contributed by atoms with Crippen LogP contribution in [-0.4, -0.2) is 16.7 Å². The molecule has 3 aromatic rings. The maximum atomic E-state index is 5.86. The zero-order valence-corrected chi connectivity index (χ0v) is 13.5. The number of anilines is 1. The molecule has 0 amide bonds. The van der Waals surface area contributed by atoms with E-state index >= 15 is 0 Å². The summed E-state index contributed by atoms with van der Waals surface area (Å²) < 4.78 is 8.62. The van der Waals surface area contributed by atoms with Crippen LogP contribution in [0.4, 0.5) is 5.69 Å². The van der Waals surface area contributed by atoms with Gasteiger partial charge in [0.2, 0.25) is 0 Å². The lowest BCUT2D eigenvalue weighted by Crippen LogP contribution is -2.02. The molecule has 0 radical (unpaired) electrons. The van der Waals surface area contributed by atoms with Crippen molar-refractivity contribution in [2.75, 3.05) is 12.8 Å². The van der Waals surface area contributed by atoms with E-state index in [1.807, 2.05) is 36.4 Å². The lowest BCUT2D eigenvalue weighted by atomic mass is 10.2. The monoisotopic (exact) mass is 345 g/mol. The van der Waals surface area contributed by atoms with Gasteiger partial charge in [-0.15, -0.1) is 0 Å². The first kappa shape index (κ1) is 13.9. The summed E-state index contributed by atoms with van der Waals surface area (Å²) in [5, 5.41) is 0. The fraction of sp³-hybridized carbons (Fsp3) is 0.188. The molecule has 0 saturated heterocycles. The quantitative estimate of drug-likeness (QED) is 0.731. The Morgan fingerprint density at radius 1 is 1.24 bits per heavy atom. The highest BCUT2D eigenvalue weighted by Crippen LogP contribution is 2.31. The standard InChI is InChI=1S/C16H16BrN3O/c1-3-16-19-12-9-11(18)5-6-13(12)20(16)14-8-10(17)4-7-15(14)21-2/h4-9H,3,18H2,1-2H3. The van der Waals surface area contributed by atoms with Crippen molar-refractivity contribution in [3.05, 3.63) is 46.7 Å². The second kappa shape index (κ2) is 5.41. The van der Waals surface area contributed by atoms with Gasteiger partial charge in [0.05, 0.1) is 23.8 Å². The third kappa shape index (κ3) is 2.38. The molecule has 4 nitrogen and oxygen atoms in total. The van der Waals surface area contributed by atoms with Gasteiger partial charge < -0.3 is 10.5 Å². The number of rotatable bonds is 3. The van der Waals surface area contributed by atoms with Crippen LogP contribution in [0, 0.1) is 0 Å². The first-order chi connectivity index (χ1) is 10.1. The summed E-state index contributed by atoms with van der Waals surface area (Å²) in [6, 6.07) is 11.7. The van der Waals surface area contributed by atoms with Crippen LogP contribution in [-0.2, 0) is 6.42 Å². The van der Waals surface area contributed by atoms with Gasteiger partial charge in [0, 0.05) is 16.6 Å². The molecule has 0 fully saturated rings. The maximum Gasteiger partial charge on any atom is 0.142 e. The summed E-state index contributed by atoms with van der Waals surface area (Å²) in [7, 11) is 1.68. The molecule has 0 unspecified atom stereocenters. The molecule has 0 bridgehead atoms. The van der Waals surface area contributed by atoms with Crippen LogP contribution in [0.2, 0.25) is 0 Å². The Morgan fingerprint density at radius 2 is 2.05 bits per heavy atom. The average Bonchev–Trinajstić information content (AvgIpc) is 2.84. The number of benzene rings is 2. The van der Waals surface area contributed by atoms with E-state index in [1.54, 1.807) is 7.11 Å².